The Kier molecular flexibility index (Phi) is 1.46. The summed E-state index contributed by atoms with van der Waals surface area (Å²) in [7, 11) is 0. The van der Waals surface area contributed by atoms with Crippen molar-refractivity contribution in [3.05, 3.63) is 21.4 Å². The first-order valence-corrected chi connectivity index (χ1v) is 5.72. The molecule has 0 N–H and O–H groups in total. The molecule has 2 aliphatic rings. The molecule has 1 saturated carbocycles. The van der Waals surface area contributed by atoms with Crippen LogP contribution in [0.4, 0.5) is 0 Å². The molecule has 0 radical (unpaired) electrons. The molecule has 13 heavy (non-hydrogen) atoms. The number of fused-ring (bicyclic) bond motifs is 5. The van der Waals surface area contributed by atoms with Crippen LogP contribution in [0, 0.1) is 0 Å². The van der Waals surface area contributed by atoms with Crippen molar-refractivity contribution in [1.82, 2.24) is 0 Å². The zero-order valence-electron chi connectivity index (χ0n) is 7.67. The van der Waals surface area contributed by atoms with Gasteiger partial charge in [0, 0.05) is 4.88 Å². The molecule has 2 atom stereocenters. The second-order valence-corrected chi connectivity index (χ2v) is 5.28. The van der Waals surface area contributed by atoms with Crippen molar-refractivity contribution in [1.29, 1.82) is 0 Å². The largest absolute Gasteiger partial charge is 0.294 e. The van der Waals surface area contributed by atoms with Gasteiger partial charge in [0.15, 0.2) is 5.78 Å². The van der Waals surface area contributed by atoms with Gasteiger partial charge in [0.25, 0.3) is 0 Å². The summed E-state index contributed by atoms with van der Waals surface area (Å²) in [6, 6.07) is 2.14. The van der Waals surface area contributed by atoms with E-state index < -0.39 is 0 Å². The van der Waals surface area contributed by atoms with E-state index >= 15 is 0 Å². The number of hydrogen-bond donors (Lipinski definition) is 0. The van der Waals surface area contributed by atoms with Gasteiger partial charge in [-0.05, 0) is 49.7 Å². The number of rotatable bonds is 1. The average Bonchev–Trinajstić information content (AvgIpc) is 2.76. The van der Waals surface area contributed by atoms with E-state index in [-0.39, 0.29) is 5.78 Å². The van der Waals surface area contributed by atoms with Gasteiger partial charge in [-0.15, -0.1) is 11.3 Å². The lowest BCUT2D eigenvalue weighted by Crippen LogP contribution is -1.91. The highest BCUT2D eigenvalue weighted by molar-refractivity contribution is 7.14. The third-order valence-electron chi connectivity index (χ3n) is 3.38. The summed E-state index contributed by atoms with van der Waals surface area (Å²) in [4.78, 5) is 13.7. The van der Waals surface area contributed by atoms with E-state index in [9.17, 15) is 4.79 Å². The van der Waals surface area contributed by atoms with E-state index in [1.807, 2.05) is 0 Å². The van der Waals surface area contributed by atoms with Gasteiger partial charge in [-0.25, -0.2) is 0 Å². The van der Waals surface area contributed by atoms with Gasteiger partial charge in [0.2, 0.25) is 0 Å². The molecule has 0 aliphatic heterocycles. The van der Waals surface area contributed by atoms with Gasteiger partial charge in [0.1, 0.15) is 0 Å². The van der Waals surface area contributed by atoms with Gasteiger partial charge in [-0.3, -0.25) is 4.79 Å². The van der Waals surface area contributed by atoms with Crippen LogP contribution in [0.2, 0.25) is 0 Å². The van der Waals surface area contributed by atoms with Crippen molar-refractivity contribution in [3.8, 4) is 0 Å². The SMILES string of the molecule is CC(=O)c1cc2c(s1)C1CCC2C1. The average molecular weight is 192 g/mol. The molecule has 1 aromatic heterocycles. The maximum atomic E-state index is 11.2. The lowest BCUT2D eigenvalue weighted by molar-refractivity contribution is 0.102. The smallest absolute Gasteiger partial charge is 0.169 e. The number of Topliss-reactive ketones (excluding diaryl/α,β-unsaturated/α-hetero) is 1. The molecule has 2 heteroatoms. The molecule has 2 unspecified atom stereocenters. The number of hydrogen-bond acceptors (Lipinski definition) is 2. The van der Waals surface area contributed by atoms with Crippen LogP contribution in [0.25, 0.3) is 0 Å². The van der Waals surface area contributed by atoms with Crippen molar-refractivity contribution in [2.45, 2.75) is 38.0 Å². The minimum atomic E-state index is 0.235. The highest BCUT2D eigenvalue weighted by Gasteiger charge is 2.38. The van der Waals surface area contributed by atoms with Crippen LogP contribution in [-0.2, 0) is 0 Å². The van der Waals surface area contributed by atoms with Gasteiger partial charge in [-0.1, -0.05) is 0 Å². The van der Waals surface area contributed by atoms with Crippen LogP contribution in [0.15, 0.2) is 6.07 Å². The molecule has 1 fully saturated rings. The maximum Gasteiger partial charge on any atom is 0.169 e. The number of carbonyl (C=O) groups is 1. The fourth-order valence-corrected chi connectivity index (χ4v) is 4.02. The zero-order chi connectivity index (χ0) is 9.00. The highest BCUT2D eigenvalue weighted by atomic mass is 32.1. The lowest BCUT2D eigenvalue weighted by atomic mass is 9.99. The Labute approximate surface area is 81.8 Å². The first-order chi connectivity index (χ1) is 6.25. The summed E-state index contributed by atoms with van der Waals surface area (Å²) in [6.45, 7) is 1.67. The van der Waals surface area contributed by atoms with Gasteiger partial charge >= 0.3 is 0 Å². The van der Waals surface area contributed by atoms with Crippen LogP contribution in [0.1, 0.15) is 58.1 Å². The van der Waals surface area contributed by atoms with Crippen molar-refractivity contribution in [3.63, 3.8) is 0 Å². The predicted molar refractivity (Wildman–Crippen MR) is 53.7 cm³/mol. The molecule has 68 valence electrons. The summed E-state index contributed by atoms with van der Waals surface area (Å²) in [6.07, 6.45) is 4.07. The second kappa shape index (κ2) is 2.44. The van der Waals surface area contributed by atoms with Gasteiger partial charge < -0.3 is 0 Å². The van der Waals surface area contributed by atoms with E-state index in [0.29, 0.717) is 0 Å². The third-order valence-corrected chi connectivity index (χ3v) is 4.80. The van der Waals surface area contributed by atoms with Crippen molar-refractivity contribution in [2.24, 2.45) is 0 Å². The minimum absolute atomic E-state index is 0.235. The van der Waals surface area contributed by atoms with Crippen LogP contribution in [-0.4, -0.2) is 5.78 Å². The van der Waals surface area contributed by atoms with Crippen molar-refractivity contribution < 1.29 is 4.79 Å². The Bertz CT molecular complexity index is 350. The molecule has 1 nitrogen and oxygen atoms in total. The van der Waals surface area contributed by atoms with E-state index in [1.54, 1.807) is 18.3 Å². The van der Waals surface area contributed by atoms with E-state index in [4.69, 9.17) is 0 Å². The van der Waals surface area contributed by atoms with Crippen molar-refractivity contribution >= 4 is 17.1 Å². The van der Waals surface area contributed by atoms with E-state index in [1.165, 1.54) is 29.7 Å². The second-order valence-electron chi connectivity index (χ2n) is 4.19. The molecule has 0 saturated heterocycles. The Hall–Kier alpha value is -0.630. The highest BCUT2D eigenvalue weighted by Crippen LogP contribution is 2.55. The quantitative estimate of drug-likeness (QED) is 0.624. The van der Waals surface area contributed by atoms with E-state index in [2.05, 4.69) is 6.07 Å². The Balaban J connectivity index is 2.11. The fraction of sp³-hybridized carbons (Fsp3) is 0.545. The molecule has 2 aliphatic carbocycles. The maximum absolute atomic E-state index is 11.2. The Morgan fingerprint density at radius 2 is 2.23 bits per heavy atom. The normalized spacial score (nSPS) is 29.3. The topological polar surface area (TPSA) is 17.1 Å². The predicted octanol–water partition coefficient (Wildman–Crippen LogP) is 3.32. The van der Waals surface area contributed by atoms with Gasteiger partial charge in [0.05, 0.1) is 4.88 Å². The summed E-state index contributed by atoms with van der Waals surface area (Å²) in [5, 5.41) is 0. The monoisotopic (exact) mass is 192 g/mol. The Morgan fingerprint density at radius 3 is 2.92 bits per heavy atom. The number of carbonyl (C=O) groups excluding carboxylic acids is 1. The van der Waals surface area contributed by atoms with Crippen LogP contribution in [0.3, 0.4) is 0 Å². The summed E-state index contributed by atoms with van der Waals surface area (Å²) < 4.78 is 0. The molecule has 3 rings (SSSR count). The van der Waals surface area contributed by atoms with Crippen molar-refractivity contribution in [2.75, 3.05) is 0 Å². The first kappa shape index (κ1) is 7.74. The standard InChI is InChI=1S/C11H12OS/c1-6(12)10-5-9-7-2-3-8(4-7)11(9)13-10/h5,7-8H,2-4H2,1H3. The fourth-order valence-electron chi connectivity index (χ4n) is 2.73. The molecule has 0 amide bonds. The van der Waals surface area contributed by atoms with E-state index in [0.717, 1.165) is 16.7 Å². The molecule has 0 spiro atoms. The lowest BCUT2D eigenvalue weighted by Gasteiger charge is -2.07. The molecule has 0 aromatic carbocycles. The molecular weight excluding hydrogens is 180 g/mol. The first-order valence-electron chi connectivity index (χ1n) is 4.90. The molecular formula is C11H12OS. The molecule has 2 bridgehead atoms. The third kappa shape index (κ3) is 0.953. The van der Waals surface area contributed by atoms with Crippen LogP contribution < -0.4 is 0 Å². The van der Waals surface area contributed by atoms with Crippen LogP contribution >= 0.6 is 11.3 Å². The van der Waals surface area contributed by atoms with Gasteiger partial charge in [-0.2, -0.15) is 0 Å². The Morgan fingerprint density at radius 1 is 1.46 bits per heavy atom. The summed E-state index contributed by atoms with van der Waals surface area (Å²) in [5.41, 5.74) is 1.51. The number of thiophene rings is 1. The summed E-state index contributed by atoms with van der Waals surface area (Å²) >= 11 is 1.74. The molecule has 1 heterocycles. The minimum Gasteiger partial charge on any atom is -0.294 e. The number of ketones is 1. The summed E-state index contributed by atoms with van der Waals surface area (Å²) in [5.74, 6) is 1.83. The molecule has 1 aromatic rings. The zero-order valence-corrected chi connectivity index (χ0v) is 8.49. The van der Waals surface area contributed by atoms with Crippen LogP contribution in [0.5, 0.6) is 0 Å².